The lowest BCUT2D eigenvalue weighted by molar-refractivity contribution is -0.154. The molecule has 0 radical (unpaired) electrons. The molecule has 1 aromatic carbocycles. The van der Waals surface area contributed by atoms with Gasteiger partial charge in [-0.2, -0.15) is 18.3 Å². The first-order valence-corrected chi connectivity index (χ1v) is 8.62. The summed E-state index contributed by atoms with van der Waals surface area (Å²) in [5, 5.41) is 4.06. The maximum absolute atomic E-state index is 12.7. The smallest absolute Gasteiger partial charge is 0.422 e. The highest BCUT2D eigenvalue weighted by Gasteiger charge is 2.28. The maximum atomic E-state index is 12.7. The molecule has 1 amide bonds. The van der Waals surface area contributed by atoms with E-state index in [1.807, 2.05) is 31.2 Å². The summed E-state index contributed by atoms with van der Waals surface area (Å²) in [5.41, 5.74) is 1.99. The molecule has 0 aliphatic carbocycles. The number of hydrogen-bond acceptors (Lipinski definition) is 5. The lowest BCUT2D eigenvalue weighted by Gasteiger charge is -2.25. The van der Waals surface area contributed by atoms with E-state index in [-0.39, 0.29) is 23.4 Å². The van der Waals surface area contributed by atoms with E-state index < -0.39 is 12.8 Å². The van der Waals surface area contributed by atoms with Gasteiger partial charge in [-0.15, -0.1) is 0 Å². The number of ether oxygens (including phenoxy) is 1. The fraction of sp³-hybridized carbons (Fsp3) is 0.263. The zero-order chi connectivity index (χ0) is 21.0. The van der Waals surface area contributed by atoms with E-state index in [2.05, 4.69) is 19.8 Å². The Kier molecular flexibility index (Phi) is 5.81. The SMILES string of the molecule is C[C@H](c1ccc(-n2cncn2)cc1)N(C)C(=O)c1ccc(OCC(F)(F)F)nc1. The highest BCUT2D eigenvalue weighted by atomic mass is 19.4. The number of carbonyl (C=O) groups excluding carboxylic acids is 1. The summed E-state index contributed by atoms with van der Waals surface area (Å²) in [6, 6.07) is 9.90. The maximum Gasteiger partial charge on any atom is 0.422 e. The predicted molar refractivity (Wildman–Crippen MR) is 97.7 cm³/mol. The van der Waals surface area contributed by atoms with E-state index in [9.17, 15) is 18.0 Å². The van der Waals surface area contributed by atoms with Crippen LogP contribution in [-0.2, 0) is 0 Å². The van der Waals surface area contributed by atoms with Crippen molar-refractivity contribution in [2.45, 2.75) is 19.1 Å². The van der Waals surface area contributed by atoms with Gasteiger partial charge in [-0.1, -0.05) is 12.1 Å². The van der Waals surface area contributed by atoms with E-state index in [4.69, 9.17) is 0 Å². The van der Waals surface area contributed by atoms with Crippen molar-refractivity contribution in [1.82, 2.24) is 24.6 Å². The van der Waals surface area contributed by atoms with Crippen LogP contribution in [0, 0.1) is 0 Å². The molecule has 1 atom stereocenters. The summed E-state index contributed by atoms with van der Waals surface area (Å²) >= 11 is 0. The lowest BCUT2D eigenvalue weighted by Crippen LogP contribution is -2.29. The van der Waals surface area contributed by atoms with Crippen molar-refractivity contribution in [2.24, 2.45) is 0 Å². The molecule has 29 heavy (non-hydrogen) atoms. The van der Waals surface area contributed by atoms with Crippen LogP contribution in [0.4, 0.5) is 13.2 Å². The Balaban J connectivity index is 1.66. The molecule has 0 fully saturated rings. The minimum atomic E-state index is -4.45. The largest absolute Gasteiger partial charge is 0.468 e. The highest BCUT2D eigenvalue weighted by Crippen LogP contribution is 2.23. The minimum Gasteiger partial charge on any atom is -0.468 e. The topological polar surface area (TPSA) is 73.1 Å². The second kappa shape index (κ2) is 8.29. The van der Waals surface area contributed by atoms with Gasteiger partial charge in [-0.05, 0) is 30.7 Å². The molecule has 2 heterocycles. The molecule has 3 rings (SSSR count). The van der Waals surface area contributed by atoms with E-state index in [0.29, 0.717) is 0 Å². The van der Waals surface area contributed by atoms with Gasteiger partial charge in [-0.3, -0.25) is 4.79 Å². The van der Waals surface area contributed by atoms with Crippen molar-refractivity contribution in [3.8, 4) is 11.6 Å². The molecule has 0 bridgehead atoms. The Morgan fingerprint density at radius 3 is 2.48 bits per heavy atom. The molecule has 0 saturated heterocycles. The molecule has 0 saturated carbocycles. The summed E-state index contributed by atoms with van der Waals surface area (Å²) in [4.78, 5) is 21.9. The Bertz CT molecular complexity index is 941. The normalized spacial score (nSPS) is 12.4. The summed E-state index contributed by atoms with van der Waals surface area (Å²) in [5.74, 6) is -0.508. The zero-order valence-electron chi connectivity index (χ0n) is 15.7. The summed E-state index contributed by atoms with van der Waals surface area (Å²) < 4.78 is 42.7. The molecule has 7 nitrogen and oxygen atoms in total. The Hall–Kier alpha value is -3.43. The molecule has 0 aliphatic heterocycles. The zero-order valence-corrected chi connectivity index (χ0v) is 15.7. The third kappa shape index (κ3) is 5.09. The molecule has 3 aromatic rings. The summed E-state index contributed by atoms with van der Waals surface area (Å²) in [6.07, 6.45) is -0.222. The molecule has 0 aliphatic rings. The number of benzene rings is 1. The van der Waals surface area contributed by atoms with Crippen LogP contribution >= 0.6 is 0 Å². The van der Waals surface area contributed by atoms with Gasteiger partial charge in [0.1, 0.15) is 12.7 Å². The van der Waals surface area contributed by atoms with Crippen LogP contribution in [0.5, 0.6) is 5.88 Å². The Morgan fingerprint density at radius 1 is 1.21 bits per heavy atom. The highest BCUT2D eigenvalue weighted by molar-refractivity contribution is 5.94. The second-order valence-corrected chi connectivity index (χ2v) is 6.31. The first-order valence-electron chi connectivity index (χ1n) is 8.62. The van der Waals surface area contributed by atoms with Crippen molar-refractivity contribution < 1.29 is 22.7 Å². The van der Waals surface area contributed by atoms with Crippen molar-refractivity contribution in [3.63, 3.8) is 0 Å². The van der Waals surface area contributed by atoms with Crippen LogP contribution in [0.15, 0.2) is 55.2 Å². The van der Waals surface area contributed by atoms with Crippen LogP contribution in [0.3, 0.4) is 0 Å². The van der Waals surface area contributed by atoms with Crippen molar-refractivity contribution >= 4 is 5.91 Å². The van der Waals surface area contributed by atoms with Gasteiger partial charge in [0, 0.05) is 19.3 Å². The molecule has 0 spiro atoms. The number of aromatic nitrogens is 4. The number of hydrogen-bond donors (Lipinski definition) is 0. The van der Waals surface area contributed by atoms with Crippen LogP contribution < -0.4 is 4.74 Å². The molecule has 0 N–H and O–H groups in total. The number of amides is 1. The first kappa shape index (κ1) is 20.3. The van der Waals surface area contributed by atoms with Crippen molar-refractivity contribution in [2.75, 3.05) is 13.7 Å². The number of pyridine rings is 1. The van der Waals surface area contributed by atoms with Crippen LogP contribution in [-0.4, -0.2) is 50.4 Å². The number of halogens is 3. The molecule has 10 heteroatoms. The third-order valence-electron chi connectivity index (χ3n) is 4.33. The van der Waals surface area contributed by atoms with E-state index in [1.165, 1.54) is 29.6 Å². The van der Waals surface area contributed by atoms with Gasteiger partial charge < -0.3 is 9.64 Å². The van der Waals surface area contributed by atoms with Crippen LogP contribution in [0.2, 0.25) is 0 Å². The summed E-state index contributed by atoms with van der Waals surface area (Å²) in [6.45, 7) is 0.436. The van der Waals surface area contributed by atoms with Crippen LogP contribution in [0.25, 0.3) is 5.69 Å². The second-order valence-electron chi connectivity index (χ2n) is 6.31. The standard InChI is InChI=1S/C19H18F3N5O2/c1-13(14-3-6-16(7-4-14)27-12-23-11-25-27)26(2)18(28)15-5-8-17(24-9-15)29-10-19(20,21)22/h3-9,11-13H,10H2,1-2H3/t13-/m1/s1. The fourth-order valence-electron chi connectivity index (χ4n) is 2.60. The molecule has 2 aromatic heterocycles. The number of alkyl halides is 3. The van der Waals surface area contributed by atoms with Gasteiger partial charge in [-0.25, -0.2) is 14.6 Å². The number of rotatable bonds is 6. The summed E-state index contributed by atoms with van der Waals surface area (Å²) in [7, 11) is 1.65. The van der Waals surface area contributed by atoms with Crippen LogP contribution in [0.1, 0.15) is 28.9 Å². The molecular weight excluding hydrogens is 387 g/mol. The predicted octanol–water partition coefficient (Wildman–Crippen LogP) is 3.44. The molecule has 0 unspecified atom stereocenters. The molecule has 152 valence electrons. The number of nitrogens with zero attached hydrogens (tertiary/aromatic N) is 5. The number of carbonyl (C=O) groups is 1. The van der Waals surface area contributed by atoms with Crippen molar-refractivity contribution in [3.05, 3.63) is 66.4 Å². The van der Waals surface area contributed by atoms with E-state index in [0.717, 1.165) is 11.3 Å². The Morgan fingerprint density at radius 2 is 1.93 bits per heavy atom. The quantitative estimate of drug-likeness (QED) is 0.628. The molecular formula is C19H18F3N5O2. The van der Waals surface area contributed by atoms with Gasteiger partial charge in [0.25, 0.3) is 5.91 Å². The third-order valence-corrected chi connectivity index (χ3v) is 4.33. The first-order chi connectivity index (χ1) is 13.7. The average Bonchev–Trinajstić information content (AvgIpc) is 3.25. The lowest BCUT2D eigenvalue weighted by atomic mass is 10.1. The van der Waals surface area contributed by atoms with Crippen molar-refractivity contribution in [1.29, 1.82) is 0 Å². The van der Waals surface area contributed by atoms with E-state index >= 15 is 0 Å². The van der Waals surface area contributed by atoms with Gasteiger partial charge in [0.15, 0.2) is 6.61 Å². The fourth-order valence-corrected chi connectivity index (χ4v) is 2.60. The van der Waals surface area contributed by atoms with Gasteiger partial charge >= 0.3 is 6.18 Å². The Labute approximate surface area is 164 Å². The average molecular weight is 405 g/mol. The van der Waals surface area contributed by atoms with E-state index in [1.54, 1.807) is 18.1 Å². The minimum absolute atomic E-state index is 0.196. The van der Waals surface area contributed by atoms with Gasteiger partial charge in [0.2, 0.25) is 5.88 Å². The van der Waals surface area contributed by atoms with Gasteiger partial charge in [0.05, 0.1) is 17.3 Å². The monoisotopic (exact) mass is 405 g/mol.